The summed E-state index contributed by atoms with van der Waals surface area (Å²) in [5.74, 6) is -0.230. The summed E-state index contributed by atoms with van der Waals surface area (Å²) in [5.41, 5.74) is 5.00. The summed E-state index contributed by atoms with van der Waals surface area (Å²) in [4.78, 5) is 10.4. The van der Waals surface area contributed by atoms with E-state index < -0.39 is 0 Å². The average Bonchev–Trinajstić information content (AvgIpc) is 2.08. The van der Waals surface area contributed by atoms with E-state index in [9.17, 15) is 4.79 Å². The van der Waals surface area contributed by atoms with Gasteiger partial charge < -0.3 is 15.8 Å². The van der Waals surface area contributed by atoms with Gasteiger partial charge in [0, 0.05) is 26.2 Å². The van der Waals surface area contributed by atoms with Gasteiger partial charge in [-0.25, -0.2) is 0 Å². The molecule has 0 aliphatic heterocycles. The van der Waals surface area contributed by atoms with Crippen molar-refractivity contribution in [1.29, 1.82) is 0 Å². The highest BCUT2D eigenvalue weighted by Crippen LogP contribution is 1.92. The number of ether oxygens (including phenoxy) is 1. The normalized spacial score (nSPS) is 12.8. The van der Waals surface area contributed by atoms with E-state index in [2.05, 4.69) is 12.2 Å². The zero-order valence-electron chi connectivity index (χ0n) is 8.51. The van der Waals surface area contributed by atoms with Crippen molar-refractivity contribution in [1.82, 2.24) is 5.32 Å². The first kappa shape index (κ1) is 12.4. The lowest BCUT2D eigenvalue weighted by Crippen LogP contribution is -2.28. The van der Waals surface area contributed by atoms with Crippen LogP contribution in [0.25, 0.3) is 0 Å². The number of carbonyl (C=O) groups is 1. The van der Waals surface area contributed by atoms with Crippen molar-refractivity contribution < 1.29 is 9.53 Å². The third-order valence-electron chi connectivity index (χ3n) is 1.85. The van der Waals surface area contributed by atoms with Gasteiger partial charge in [-0.3, -0.25) is 4.79 Å². The van der Waals surface area contributed by atoms with Crippen molar-refractivity contribution in [2.45, 2.75) is 32.2 Å². The van der Waals surface area contributed by atoms with Gasteiger partial charge in [-0.05, 0) is 26.3 Å². The molecule has 0 saturated carbocycles. The molecular formula is C9H20N2O2. The lowest BCUT2D eigenvalue weighted by atomic mass is 10.2. The van der Waals surface area contributed by atoms with Gasteiger partial charge in [-0.2, -0.15) is 0 Å². The summed E-state index contributed by atoms with van der Waals surface area (Å²) in [7, 11) is 1.69. The standard InChI is InChI=1S/C9H20N2O2/c1-8(5-7-13-2)11-6-3-4-9(10)12/h8,11H,3-7H2,1-2H3,(H2,10,12). The predicted molar refractivity (Wildman–Crippen MR) is 52.4 cm³/mol. The molecule has 0 aromatic rings. The molecule has 0 bridgehead atoms. The smallest absolute Gasteiger partial charge is 0.217 e. The Labute approximate surface area is 79.8 Å². The number of hydrogen-bond donors (Lipinski definition) is 2. The first-order valence-corrected chi connectivity index (χ1v) is 4.67. The Hall–Kier alpha value is -0.610. The van der Waals surface area contributed by atoms with Crippen molar-refractivity contribution in [2.75, 3.05) is 20.3 Å². The second kappa shape index (κ2) is 8.01. The van der Waals surface area contributed by atoms with E-state index in [0.29, 0.717) is 12.5 Å². The molecule has 1 amide bonds. The van der Waals surface area contributed by atoms with Crippen molar-refractivity contribution >= 4 is 5.91 Å². The van der Waals surface area contributed by atoms with E-state index in [4.69, 9.17) is 10.5 Å². The lowest BCUT2D eigenvalue weighted by Gasteiger charge is -2.12. The van der Waals surface area contributed by atoms with Crippen LogP contribution >= 0.6 is 0 Å². The summed E-state index contributed by atoms with van der Waals surface area (Å²) in [6.07, 6.45) is 2.27. The lowest BCUT2D eigenvalue weighted by molar-refractivity contribution is -0.118. The summed E-state index contributed by atoms with van der Waals surface area (Å²) in [6.45, 7) is 3.71. The maximum Gasteiger partial charge on any atom is 0.217 e. The SMILES string of the molecule is COCCC(C)NCCCC(N)=O. The summed E-state index contributed by atoms with van der Waals surface area (Å²) >= 11 is 0. The van der Waals surface area contributed by atoms with Crippen molar-refractivity contribution in [3.63, 3.8) is 0 Å². The van der Waals surface area contributed by atoms with Crippen LogP contribution in [0, 0.1) is 0 Å². The Bertz CT molecular complexity index is 140. The van der Waals surface area contributed by atoms with Crippen LogP contribution in [0.1, 0.15) is 26.2 Å². The fourth-order valence-electron chi connectivity index (χ4n) is 1.01. The van der Waals surface area contributed by atoms with E-state index in [1.54, 1.807) is 7.11 Å². The van der Waals surface area contributed by atoms with Crippen LogP contribution < -0.4 is 11.1 Å². The quantitative estimate of drug-likeness (QED) is 0.537. The molecule has 78 valence electrons. The maximum absolute atomic E-state index is 10.4. The summed E-state index contributed by atoms with van der Waals surface area (Å²) in [6, 6.07) is 0.438. The van der Waals surface area contributed by atoms with Crippen LogP contribution in [-0.4, -0.2) is 32.2 Å². The number of hydrogen-bond acceptors (Lipinski definition) is 3. The molecule has 4 nitrogen and oxygen atoms in total. The molecule has 0 spiro atoms. The van der Waals surface area contributed by atoms with Crippen molar-refractivity contribution in [2.24, 2.45) is 5.73 Å². The number of primary amides is 1. The van der Waals surface area contributed by atoms with E-state index in [0.717, 1.165) is 26.0 Å². The van der Waals surface area contributed by atoms with Gasteiger partial charge in [-0.15, -0.1) is 0 Å². The molecule has 0 aliphatic carbocycles. The minimum Gasteiger partial charge on any atom is -0.385 e. The molecule has 1 atom stereocenters. The van der Waals surface area contributed by atoms with Crippen molar-refractivity contribution in [3.8, 4) is 0 Å². The molecule has 0 heterocycles. The molecule has 0 rings (SSSR count). The van der Waals surface area contributed by atoms with Crippen LogP contribution in [0.4, 0.5) is 0 Å². The van der Waals surface area contributed by atoms with E-state index in [1.807, 2.05) is 0 Å². The third kappa shape index (κ3) is 9.30. The van der Waals surface area contributed by atoms with E-state index >= 15 is 0 Å². The van der Waals surface area contributed by atoms with Crippen LogP contribution in [0.15, 0.2) is 0 Å². The van der Waals surface area contributed by atoms with E-state index in [-0.39, 0.29) is 5.91 Å². The van der Waals surface area contributed by atoms with Gasteiger partial charge in [0.1, 0.15) is 0 Å². The maximum atomic E-state index is 10.4. The molecular weight excluding hydrogens is 168 g/mol. The highest BCUT2D eigenvalue weighted by molar-refractivity contribution is 5.73. The largest absolute Gasteiger partial charge is 0.385 e. The minimum absolute atomic E-state index is 0.230. The minimum atomic E-state index is -0.230. The number of amides is 1. The Balaban J connectivity index is 3.16. The molecule has 0 aliphatic rings. The molecule has 0 saturated heterocycles. The number of methoxy groups -OCH3 is 1. The Kier molecular flexibility index (Phi) is 7.63. The summed E-state index contributed by atoms with van der Waals surface area (Å²) < 4.78 is 4.94. The number of carbonyl (C=O) groups excluding carboxylic acids is 1. The highest BCUT2D eigenvalue weighted by atomic mass is 16.5. The predicted octanol–water partition coefficient (Wildman–Crippen LogP) is 0.267. The molecule has 1 unspecified atom stereocenters. The van der Waals surface area contributed by atoms with Crippen LogP contribution in [0.5, 0.6) is 0 Å². The fourth-order valence-corrected chi connectivity index (χ4v) is 1.01. The molecule has 13 heavy (non-hydrogen) atoms. The van der Waals surface area contributed by atoms with Gasteiger partial charge in [-0.1, -0.05) is 0 Å². The molecule has 3 N–H and O–H groups in total. The van der Waals surface area contributed by atoms with Gasteiger partial charge in [0.05, 0.1) is 0 Å². The van der Waals surface area contributed by atoms with Gasteiger partial charge in [0.25, 0.3) is 0 Å². The average molecular weight is 188 g/mol. The van der Waals surface area contributed by atoms with Gasteiger partial charge in [0.2, 0.25) is 5.91 Å². The molecule has 0 aromatic carbocycles. The fraction of sp³-hybridized carbons (Fsp3) is 0.889. The number of nitrogens with two attached hydrogens (primary N) is 1. The zero-order chi connectivity index (χ0) is 10.1. The van der Waals surface area contributed by atoms with Crippen LogP contribution in [0.2, 0.25) is 0 Å². The monoisotopic (exact) mass is 188 g/mol. The van der Waals surface area contributed by atoms with Gasteiger partial charge >= 0.3 is 0 Å². The number of nitrogens with one attached hydrogen (secondary N) is 1. The van der Waals surface area contributed by atoms with Gasteiger partial charge in [0.15, 0.2) is 0 Å². The molecule has 4 heteroatoms. The highest BCUT2D eigenvalue weighted by Gasteiger charge is 2.00. The second-order valence-corrected chi connectivity index (χ2v) is 3.21. The van der Waals surface area contributed by atoms with E-state index in [1.165, 1.54) is 0 Å². The zero-order valence-corrected chi connectivity index (χ0v) is 8.51. The van der Waals surface area contributed by atoms with Crippen LogP contribution in [-0.2, 0) is 9.53 Å². The Morgan fingerprint density at radius 1 is 1.62 bits per heavy atom. The first-order chi connectivity index (χ1) is 6.16. The third-order valence-corrected chi connectivity index (χ3v) is 1.85. The number of rotatable bonds is 8. The second-order valence-electron chi connectivity index (χ2n) is 3.21. The molecule has 0 aromatic heterocycles. The van der Waals surface area contributed by atoms with Crippen LogP contribution in [0.3, 0.4) is 0 Å². The van der Waals surface area contributed by atoms with Crippen molar-refractivity contribution in [3.05, 3.63) is 0 Å². The Morgan fingerprint density at radius 3 is 2.85 bits per heavy atom. The molecule has 0 fully saturated rings. The first-order valence-electron chi connectivity index (χ1n) is 4.67. The summed E-state index contributed by atoms with van der Waals surface area (Å²) in [5, 5.41) is 3.28. The topological polar surface area (TPSA) is 64.3 Å². The molecule has 0 radical (unpaired) electrons. The Morgan fingerprint density at radius 2 is 2.31 bits per heavy atom.